The maximum atomic E-state index is 12.7. The van der Waals surface area contributed by atoms with Gasteiger partial charge in [0.2, 0.25) is 0 Å². The van der Waals surface area contributed by atoms with Gasteiger partial charge in [0.1, 0.15) is 12.1 Å². The van der Waals surface area contributed by atoms with Gasteiger partial charge in [-0.25, -0.2) is 4.79 Å². The summed E-state index contributed by atoms with van der Waals surface area (Å²) in [6, 6.07) is 8.06. The van der Waals surface area contributed by atoms with Crippen LogP contribution in [0.1, 0.15) is 26.3 Å². The van der Waals surface area contributed by atoms with Gasteiger partial charge < -0.3 is 15.4 Å². The van der Waals surface area contributed by atoms with Crippen molar-refractivity contribution in [1.82, 2.24) is 15.5 Å². The van der Waals surface area contributed by atoms with Crippen LogP contribution in [-0.4, -0.2) is 47.9 Å². The third kappa shape index (κ3) is 3.78. The van der Waals surface area contributed by atoms with Crippen LogP contribution >= 0.6 is 0 Å². The minimum absolute atomic E-state index is 0.406. The molecule has 0 saturated carbocycles. The standard InChI is InChI=1S/C17H21N3O5/c1-4-18-14(22)11(2)25-13(21)10-20-15(23)17(3,19-16(20)24)12-8-6-5-7-9-12/h5-9,11H,4,10H2,1-3H3,(H,18,22)(H,19,24)/t11-,17+/m0/s1. The summed E-state index contributed by atoms with van der Waals surface area (Å²) in [5.41, 5.74) is -0.635. The van der Waals surface area contributed by atoms with Crippen molar-refractivity contribution in [2.24, 2.45) is 0 Å². The fraction of sp³-hybridized carbons (Fsp3) is 0.412. The number of carbonyl (C=O) groups excluding carboxylic acids is 4. The molecule has 1 aromatic carbocycles. The van der Waals surface area contributed by atoms with Crippen molar-refractivity contribution < 1.29 is 23.9 Å². The van der Waals surface area contributed by atoms with Gasteiger partial charge in [-0.05, 0) is 26.3 Å². The lowest BCUT2D eigenvalue weighted by atomic mass is 9.92. The van der Waals surface area contributed by atoms with Gasteiger partial charge in [-0.1, -0.05) is 30.3 Å². The molecular weight excluding hydrogens is 326 g/mol. The highest BCUT2D eigenvalue weighted by atomic mass is 16.5. The highest BCUT2D eigenvalue weighted by Crippen LogP contribution is 2.28. The van der Waals surface area contributed by atoms with Crippen LogP contribution in [0.5, 0.6) is 0 Å². The molecule has 0 aliphatic carbocycles. The summed E-state index contributed by atoms with van der Waals surface area (Å²) in [5.74, 6) is -1.83. The largest absolute Gasteiger partial charge is 0.451 e. The van der Waals surface area contributed by atoms with Gasteiger partial charge in [-0.15, -0.1) is 0 Å². The molecule has 1 saturated heterocycles. The summed E-state index contributed by atoms with van der Waals surface area (Å²) in [7, 11) is 0. The second-order valence-corrected chi connectivity index (χ2v) is 5.84. The predicted molar refractivity (Wildman–Crippen MR) is 88.3 cm³/mol. The fourth-order valence-corrected chi connectivity index (χ4v) is 2.54. The third-order valence-electron chi connectivity index (χ3n) is 3.94. The second-order valence-electron chi connectivity index (χ2n) is 5.84. The summed E-state index contributed by atoms with van der Waals surface area (Å²) in [6.07, 6.45) is -1.01. The number of nitrogens with zero attached hydrogens (tertiary/aromatic N) is 1. The number of esters is 1. The first-order valence-corrected chi connectivity index (χ1v) is 7.96. The van der Waals surface area contributed by atoms with Crippen LogP contribution in [0.2, 0.25) is 0 Å². The maximum Gasteiger partial charge on any atom is 0.327 e. The van der Waals surface area contributed by atoms with Crippen molar-refractivity contribution in [2.45, 2.75) is 32.4 Å². The number of rotatable bonds is 6. The Balaban J connectivity index is 2.06. The predicted octanol–water partition coefficient (Wildman–Crippen LogP) is 0.521. The molecule has 8 nitrogen and oxygen atoms in total. The van der Waals surface area contributed by atoms with E-state index in [1.165, 1.54) is 6.92 Å². The lowest BCUT2D eigenvalue weighted by Crippen LogP contribution is -2.42. The van der Waals surface area contributed by atoms with Crippen LogP contribution < -0.4 is 10.6 Å². The van der Waals surface area contributed by atoms with E-state index in [0.29, 0.717) is 12.1 Å². The second kappa shape index (κ2) is 7.33. The van der Waals surface area contributed by atoms with Gasteiger partial charge in [0.05, 0.1) is 0 Å². The number of hydrogen-bond acceptors (Lipinski definition) is 5. The Morgan fingerprint density at radius 2 is 1.92 bits per heavy atom. The fourth-order valence-electron chi connectivity index (χ4n) is 2.54. The van der Waals surface area contributed by atoms with Crippen molar-refractivity contribution >= 4 is 23.8 Å². The van der Waals surface area contributed by atoms with Gasteiger partial charge >= 0.3 is 12.0 Å². The van der Waals surface area contributed by atoms with Crippen molar-refractivity contribution in [1.29, 1.82) is 0 Å². The molecule has 134 valence electrons. The molecule has 1 fully saturated rings. The number of likely N-dealkylation sites (N-methyl/N-ethyl adjacent to an activating group) is 1. The third-order valence-corrected chi connectivity index (χ3v) is 3.94. The molecule has 0 aromatic heterocycles. The van der Waals surface area contributed by atoms with Gasteiger partial charge in [0.25, 0.3) is 11.8 Å². The van der Waals surface area contributed by atoms with Crippen molar-refractivity contribution in [3.8, 4) is 0 Å². The quantitative estimate of drug-likeness (QED) is 0.577. The van der Waals surface area contributed by atoms with E-state index in [1.807, 2.05) is 0 Å². The Morgan fingerprint density at radius 3 is 2.52 bits per heavy atom. The van der Waals surface area contributed by atoms with Crippen LogP contribution in [0.4, 0.5) is 4.79 Å². The molecule has 0 spiro atoms. The van der Waals surface area contributed by atoms with Crippen LogP contribution in [0.3, 0.4) is 0 Å². The Hall–Kier alpha value is -2.90. The summed E-state index contributed by atoms with van der Waals surface area (Å²) >= 11 is 0. The van der Waals surface area contributed by atoms with Gasteiger partial charge in [0, 0.05) is 6.54 Å². The highest BCUT2D eigenvalue weighted by Gasteiger charge is 2.49. The molecule has 0 bridgehead atoms. The number of amides is 4. The Labute approximate surface area is 145 Å². The van der Waals surface area contributed by atoms with E-state index in [1.54, 1.807) is 44.2 Å². The van der Waals surface area contributed by atoms with Crippen LogP contribution in [0.25, 0.3) is 0 Å². The lowest BCUT2D eigenvalue weighted by molar-refractivity contribution is -0.156. The average molecular weight is 347 g/mol. The van der Waals surface area contributed by atoms with E-state index < -0.39 is 42.0 Å². The van der Waals surface area contributed by atoms with E-state index in [-0.39, 0.29) is 0 Å². The number of nitrogens with one attached hydrogen (secondary N) is 2. The number of urea groups is 1. The highest BCUT2D eigenvalue weighted by molar-refractivity contribution is 6.08. The van der Waals surface area contributed by atoms with Crippen LogP contribution in [0.15, 0.2) is 30.3 Å². The molecular formula is C17H21N3O5. The SMILES string of the molecule is CCNC(=O)[C@H](C)OC(=O)CN1C(=O)N[C@](C)(c2ccccc2)C1=O. The molecule has 0 radical (unpaired) electrons. The molecule has 4 amide bonds. The number of imide groups is 1. The monoisotopic (exact) mass is 347 g/mol. The van der Waals surface area contributed by atoms with E-state index in [0.717, 1.165) is 4.90 Å². The van der Waals surface area contributed by atoms with Gasteiger partial charge in [0.15, 0.2) is 6.10 Å². The van der Waals surface area contributed by atoms with E-state index in [4.69, 9.17) is 4.74 Å². The first-order valence-electron chi connectivity index (χ1n) is 7.96. The normalized spacial score (nSPS) is 20.8. The molecule has 1 aromatic rings. The van der Waals surface area contributed by atoms with Crippen LogP contribution in [-0.2, 0) is 24.7 Å². The molecule has 2 N–H and O–H groups in total. The zero-order valence-electron chi connectivity index (χ0n) is 14.4. The lowest BCUT2D eigenvalue weighted by Gasteiger charge is -2.22. The first kappa shape index (κ1) is 18.4. The number of benzene rings is 1. The number of carbonyl (C=O) groups is 4. The molecule has 25 heavy (non-hydrogen) atoms. The van der Waals surface area contributed by atoms with Gasteiger partial charge in [-0.2, -0.15) is 0 Å². The minimum Gasteiger partial charge on any atom is -0.451 e. The summed E-state index contributed by atoms with van der Waals surface area (Å²) in [4.78, 5) is 49.1. The topological polar surface area (TPSA) is 105 Å². The molecule has 1 aliphatic rings. The minimum atomic E-state index is -1.25. The molecule has 2 atom stereocenters. The van der Waals surface area contributed by atoms with Crippen molar-refractivity contribution in [3.63, 3.8) is 0 Å². The van der Waals surface area contributed by atoms with E-state index >= 15 is 0 Å². The maximum absolute atomic E-state index is 12.7. The van der Waals surface area contributed by atoms with Crippen LogP contribution in [0, 0.1) is 0 Å². The summed E-state index contributed by atoms with van der Waals surface area (Å²) in [6.45, 7) is 4.58. The molecule has 2 rings (SSSR count). The molecule has 1 aliphatic heterocycles. The first-order chi connectivity index (χ1) is 11.8. The summed E-state index contributed by atoms with van der Waals surface area (Å²) in [5, 5.41) is 5.12. The zero-order chi connectivity index (χ0) is 18.6. The molecule has 1 heterocycles. The smallest absolute Gasteiger partial charge is 0.327 e. The summed E-state index contributed by atoms with van der Waals surface area (Å²) < 4.78 is 4.97. The Morgan fingerprint density at radius 1 is 1.28 bits per heavy atom. The Kier molecular flexibility index (Phi) is 5.41. The molecule has 8 heteroatoms. The van der Waals surface area contributed by atoms with E-state index in [2.05, 4.69) is 10.6 Å². The van der Waals surface area contributed by atoms with Gasteiger partial charge in [-0.3, -0.25) is 19.3 Å². The van der Waals surface area contributed by atoms with E-state index in [9.17, 15) is 19.2 Å². The Bertz CT molecular complexity index is 691. The zero-order valence-corrected chi connectivity index (χ0v) is 14.4. The van der Waals surface area contributed by atoms with Crippen molar-refractivity contribution in [3.05, 3.63) is 35.9 Å². The average Bonchev–Trinajstić information content (AvgIpc) is 2.80. The number of ether oxygens (including phenoxy) is 1. The molecule has 0 unspecified atom stereocenters. The number of hydrogen-bond donors (Lipinski definition) is 2. The van der Waals surface area contributed by atoms with Crippen molar-refractivity contribution in [2.75, 3.05) is 13.1 Å².